The number of nitrogens with one attached hydrogen (secondary N) is 2. The van der Waals surface area contributed by atoms with Crippen molar-refractivity contribution in [1.82, 2.24) is 10.2 Å². The number of rotatable bonds is 2. The zero-order valence-electron chi connectivity index (χ0n) is 6.79. The number of halogens is 1. The van der Waals surface area contributed by atoms with Gasteiger partial charge in [-0.1, -0.05) is 18.2 Å². The second kappa shape index (κ2) is 3.26. The van der Waals surface area contributed by atoms with Crippen molar-refractivity contribution in [3.05, 3.63) is 42.5 Å². The summed E-state index contributed by atoms with van der Waals surface area (Å²) in [7, 11) is 0. The number of nitrogens with zero attached hydrogens (tertiary/aromatic N) is 1. The molecule has 0 spiro atoms. The van der Waals surface area contributed by atoms with Crippen molar-refractivity contribution in [2.24, 2.45) is 0 Å². The summed E-state index contributed by atoms with van der Waals surface area (Å²) in [6.45, 7) is 0. The molecule has 1 aromatic heterocycles. The average molecular weight is 177 g/mol. The van der Waals surface area contributed by atoms with Crippen molar-refractivity contribution in [3.63, 3.8) is 0 Å². The van der Waals surface area contributed by atoms with Crippen LogP contribution in [0.3, 0.4) is 0 Å². The smallest absolute Gasteiger partial charge is 0.255 e. The van der Waals surface area contributed by atoms with Gasteiger partial charge >= 0.3 is 0 Å². The summed E-state index contributed by atoms with van der Waals surface area (Å²) in [5, 5.41) is 8.67. The van der Waals surface area contributed by atoms with Crippen LogP contribution in [0.4, 0.5) is 15.8 Å². The van der Waals surface area contributed by atoms with Crippen LogP contribution in [-0.2, 0) is 0 Å². The van der Waals surface area contributed by atoms with E-state index < -0.39 is 5.95 Å². The van der Waals surface area contributed by atoms with E-state index in [-0.39, 0.29) is 0 Å². The second-order valence-electron chi connectivity index (χ2n) is 2.58. The van der Waals surface area contributed by atoms with E-state index in [1.54, 1.807) is 0 Å². The molecule has 0 radical (unpaired) electrons. The number of hydrogen-bond acceptors (Lipinski definition) is 2. The summed E-state index contributed by atoms with van der Waals surface area (Å²) >= 11 is 0. The lowest BCUT2D eigenvalue weighted by Crippen LogP contribution is -1.90. The van der Waals surface area contributed by atoms with Crippen molar-refractivity contribution in [2.45, 2.75) is 0 Å². The van der Waals surface area contributed by atoms with E-state index in [1.165, 1.54) is 6.20 Å². The average Bonchev–Trinajstić information content (AvgIpc) is 2.54. The largest absolute Gasteiger partial charge is 0.350 e. The number of para-hydroxylation sites is 1. The van der Waals surface area contributed by atoms with Crippen LogP contribution in [0.15, 0.2) is 36.5 Å². The Morgan fingerprint density at radius 3 is 2.62 bits per heavy atom. The minimum atomic E-state index is -0.524. The standard InChI is InChI=1S/C9H8FN3/c10-9-8(6-11-13-9)12-7-4-2-1-3-5-7/h1-6,12H,(H,11,13). The fourth-order valence-corrected chi connectivity index (χ4v) is 1.04. The van der Waals surface area contributed by atoms with Crippen molar-refractivity contribution in [3.8, 4) is 0 Å². The zero-order valence-corrected chi connectivity index (χ0v) is 6.79. The summed E-state index contributed by atoms with van der Waals surface area (Å²) in [4.78, 5) is 0. The third-order valence-corrected chi connectivity index (χ3v) is 1.65. The van der Waals surface area contributed by atoms with Crippen LogP contribution in [0.1, 0.15) is 0 Å². The molecule has 1 aromatic carbocycles. The van der Waals surface area contributed by atoms with E-state index in [0.717, 1.165) is 5.69 Å². The Kier molecular flexibility index (Phi) is 1.96. The van der Waals surface area contributed by atoms with E-state index >= 15 is 0 Å². The third kappa shape index (κ3) is 1.66. The fraction of sp³-hybridized carbons (Fsp3) is 0. The van der Waals surface area contributed by atoms with Crippen LogP contribution in [-0.4, -0.2) is 10.2 Å². The lowest BCUT2D eigenvalue weighted by molar-refractivity contribution is 0.582. The second-order valence-corrected chi connectivity index (χ2v) is 2.58. The summed E-state index contributed by atoms with van der Waals surface area (Å²) < 4.78 is 12.8. The molecular weight excluding hydrogens is 169 g/mol. The van der Waals surface area contributed by atoms with Gasteiger partial charge < -0.3 is 5.32 Å². The summed E-state index contributed by atoms with van der Waals surface area (Å²) in [6, 6.07) is 9.36. The van der Waals surface area contributed by atoms with Gasteiger partial charge in [0, 0.05) is 11.9 Å². The van der Waals surface area contributed by atoms with Crippen LogP contribution >= 0.6 is 0 Å². The Balaban J connectivity index is 2.20. The Labute approximate surface area is 74.6 Å². The SMILES string of the molecule is Fc1n[nH]cc1Nc1ccccc1. The zero-order chi connectivity index (χ0) is 9.10. The lowest BCUT2D eigenvalue weighted by Gasteiger charge is -2.01. The Morgan fingerprint density at radius 2 is 2.00 bits per heavy atom. The molecule has 1 heterocycles. The number of aromatic amines is 1. The van der Waals surface area contributed by atoms with Crippen molar-refractivity contribution >= 4 is 11.4 Å². The first-order valence-electron chi connectivity index (χ1n) is 3.87. The molecule has 0 fully saturated rings. The number of hydrogen-bond donors (Lipinski definition) is 2. The Hall–Kier alpha value is -1.84. The summed E-state index contributed by atoms with van der Waals surface area (Å²) in [5.74, 6) is -0.524. The predicted octanol–water partition coefficient (Wildman–Crippen LogP) is 2.29. The van der Waals surface area contributed by atoms with Crippen molar-refractivity contribution in [2.75, 3.05) is 5.32 Å². The maximum absolute atomic E-state index is 12.8. The summed E-state index contributed by atoms with van der Waals surface area (Å²) in [6.07, 6.45) is 1.47. The highest BCUT2D eigenvalue weighted by atomic mass is 19.1. The number of aromatic nitrogens is 2. The van der Waals surface area contributed by atoms with Gasteiger partial charge in [-0.15, -0.1) is 5.10 Å². The van der Waals surface area contributed by atoms with E-state index in [9.17, 15) is 4.39 Å². The molecule has 2 N–H and O–H groups in total. The maximum atomic E-state index is 12.8. The molecule has 0 bridgehead atoms. The Bertz CT molecular complexity index is 383. The van der Waals surface area contributed by atoms with Crippen LogP contribution in [0.5, 0.6) is 0 Å². The quantitative estimate of drug-likeness (QED) is 0.738. The highest BCUT2D eigenvalue weighted by molar-refractivity contribution is 5.57. The van der Waals surface area contributed by atoms with Gasteiger partial charge in [0.2, 0.25) is 0 Å². The number of H-pyrrole nitrogens is 1. The van der Waals surface area contributed by atoms with Crippen molar-refractivity contribution < 1.29 is 4.39 Å². The molecule has 0 aliphatic carbocycles. The third-order valence-electron chi connectivity index (χ3n) is 1.65. The van der Waals surface area contributed by atoms with E-state index in [2.05, 4.69) is 15.5 Å². The van der Waals surface area contributed by atoms with Gasteiger partial charge in [-0.05, 0) is 12.1 Å². The Morgan fingerprint density at radius 1 is 1.23 bits per heavy atom. The molecule has 0 aliphatic rings. The van der Waals surface area contributed by atoms with Crippen LogP contribution < -0.4 is 5.32 Å². The topological polar surface area (TPSA) is 40.7 Å². The first kappa shape index (κ1) is 7.79. The molecule has 3 nitrogen and oxygen atoms in total. The van der Waals surface area contributed by atoms with Gasteiger partial charge in [0.1, 0.15) is 5.69 Å². The van der Waals surface area contributed by atoms with Gasteiger partial charge in [0.05, 0.1) is 0 Å². The van der Waals surface area contributed by atoms with Crippen LogP contribution in [0.2, 0.25) is 0 Å². The van der Waals surface area contributed by atoms with E-state index in [4.69, 9.17) is 0 Å². The van der Waals surface area contributed by atoms with E-state index in [0.29, 0.717) is 5.69 Å². The molecular formula is C9H8FN3. The van der Waals surface area contributed by atoms with Gasteiger partial charge in [-0.25, -0.2) is 0 Å². The number of benzene rings is 1. The first-order valence-corrected chi connectivity index (χ1v) is 3.87. The van der Waals surface area contributed by atoms with Gasteiger partial charge in [0.25, 0.3) is 5.95 Å². The molecule has 0 aliphatic heterocycles. The molecule has 13 heavy (non-hydrogen) atoms. The van der Waals surface area contributed by atoms with Gasteiger partial charge in [-0.3, -0.25) is 5.10 Å². The minimum absolute atomic E-state index is 0.353. The molecule has 66 valence electrons. The fourth-order valence-electron chi connectivity index (χ4n) is 1.04. The molecule has 2 aromatic rings. The summed E-state index contributed by atoms with van der Waals surface area (Å²) in [5.41, 5.74) is 1.19. The first-order chi connectivity index (χ1) is 6.36. The molecule has 2 rings (SSSR count). The van der Waals surface area contributed by atoms with E-state index in [1.807, 2.05) is 30.3 Å². The predicted molar refractivity (Wildman–Crippen MR) is 48.3 cm³/mol. The minimum Gasteiger partial charge on any atom is -0.350 e. The lowest BCUT2D eigenvalue weighted by atomic mass is 10.3. The van der Waals surface area contributed by atoms with Gasteiger partial charge in [-0.2, -0.15) is 4.39 Å². The number of anilines is 2. The highest BCUT2D eigenvalue weighted by Gasteiger charge is 2.02. The maximum Gasteiger partial charge on any atom is 0.255 e. The monoisotopic (exact) mass is 177 g/mol. The van der Waals surface area contributed by atoms with Gasteiger partial charge in [0.15, 0.2) is 0 Å². The normalized spacial score (nSPS) is 9.92. The molecule has 0 unspecified atom stereocenters. The molecule has 4 heteroatoms. The van der Waals surface area contributed by atoms with Crippen LogP contribution in [0.25, 0.3) is 0 Å². The molecule has 0 saturated heterocycles. The van der Waals surface area contributed by atoms with Crippen LogP contribution in [0, 0.1) is 5.95 Å². The molecule has 0 amide bonds. The molecule has 0 atom stereocenters. The molecule has 0 saturated carbocycles. The van der Waals surface area contributed by atoms with Crippen molar-refractivity contribution in [1.29, 1.82) is 0 Å². The highest BCUT2D eigenvalue weighted by Crippen LogP contribution is 2.16.